The van der Waals surface area contributed by atoms with Gasteiger partial charge >= 0.3 is 49.7 Å². The largest absolute Gasteiger partial charge is 2.00 e. The molecule has 0 aromatic rings. The van der Waals surface area contributed by atoms with Crippen molar-refractivity contribution in [2.45, 2.75) is 92.9 Å². The van der Waals surface area contributed by atoms with Crippen LogP contribution in [0.4, 0.5) is 0 Å². The van der Waals surface area contributed by atoms with Crippen molar-refractivity contribution in [2.24, 2.45) is 23.7 Å². The molecule has 0 saturated carbocycles. The van der Waals surface area contributed by atoms with Crippen molar-refractivity contribution in [1.82, 2.24) is 0 Å². The number of aliphatic hydroxyl groups excluding tert-OH is 2. The number of aliphatic carboxylic acids is 4. The number of allylic oxidation sites excluding steroid dienone is 2. The van der Waals surface area contributed by atoms with Gasteiger partial charge in [-0.25, -0.2) is 0 Å². The Morgan fingerprint density at radius 1 is 0.551 bits per heavy atom. The molecular weight excluding hydrogens is 660 g/mol. The minimum Gasteiger partial charge on any atom is -0.550 e. The summed E-state index contributed by atoms with van der Waals surface area (Å²) >= 11 is 0. The third-order valence-corrected chi connectivity index (χ3v) is 8.76. The Labute approximate surface area is 325 Å². The van der Waals surface area contributed by atoms with Gasteiger partial charge in [0, 0.05) is 36.6 Å². The molecule has 6 atom stereocenters. The van der Waals surface area contributed by atoms with Crippen LogP contribution in [0, 0.1) is 23.7 Å². The summed E-state index contributed by atoms with van der Waals surface area (Å²) in [4.78, 5) is 44.7. The van der Waals surface area contributed by atoms with Crippen LogP contribution >= 0.6 is 0 Å². The molecule has 0 aromatic heterocycles. The quantitative estimate of drug-likeness (QED) is 0.0399. The van der Waals surface area contributed by atoms with Crippen molar-refractivity contribution in [3.05, 3.63) is 24.3 Å². The summed E-state index contributed by atoms with van der Waals surface area (Å²) < 4.78 is 0.550. The third kappa shape index (κ3) is 25.1. The second kappa shape index (κ2) is 30.1. The molecule has 13 heteroatoms. The number of rotatable bonds is 28. The molecule has 12 nitrogen and oxygen atoms in total. The van der Waals surface area contributed by atoms with Gasteiger partial charge in [-0.2, -0.15) is 0 Å². The molecule has 0 bridgehead atoms. The van der Waals surface area contributed by atoms with Crippen molar-refractivity contribution in [1.29, 1.82) is 0 Å². The van der Waals surface area contributed by atoms with Crippen molar-refractivity contribution < 1.29 is 58.8 Å². The van der Waals surface area contributed by atoms with Gasteiger partial charge in [-0.05, 0) is 26.7 Å². The Balaban J connectivity index is -0.000000846. The van der Waals surface area contributed by atoms with E-state index in [1.807, 2.05) is 0 Å². The molecule has 0 aliphatic heterocycles. The molecule has 0 aromatic carbocycles. The predicted octanol–water partition coefficient (Wildman–Crippen LogP) is 1.70. The number of carbonyl (C=O) groups excluding carboxylic acids is 2. The van der Waals surface area contributed by atoms with Gasteiger partial charge in [0.2, 0.25) is 0 Å². The number of quaternary nitrogens is 2. The smallest absolute Gasteiger partial charge is 0.550 e. The number of carbonyl (C=O) groups is 4. The van der Waals surface area contributed by atoms with Gasteiger partial charge in [-0.1, -0.05) is 77.7 Å². The molecule has 0 aliphatic carbocycles. The van der Waals surface area contributed by atoms with Gasteiger partial charge in [0.1, 0.15) is 24.9 Å². The van der Waals surface area contributed by atoms with E-state index in [2.05, 4.69) is 38.2 Å². The molecule has 0 amide bonds. The van der Waals surface area contributed by atoms with Gasteiger partial charge in [0.05, 0.1) is 52.5 Å². The fourth-order valence-corrected chi connectivity index (χ4v) is 5.97. The summed E-state index contributed by atoms with van der Waals surface area (Å²) in [5.41, 5.74) is 0. The molecule has 280 valence electrons. The Hall–Kier alpha value is -1.54. The Morgan fingerprint density at radius 2 is 0.837 bits per heavy atom. The zero-order valence-corrected chi connectivity index (χ0v) is 33.4. The van der Waals surface area contributed by atoms with E-state index >= 15 is 0 Å². The zero-order chi connectivity index (χ0) is 37.2. The van der Waals surface area contributed by atoms with Gasteiger partial charge in [0.15, 0.2) is 0 Å². The third-order valence-electron chi connectivity index (χ3n) is 8.76. The Kier molecular flexibility index (Phi) is 31.9. The SMILES string of the molecule is CCCC/C=C/CC[N+](CCO)(CC(C)C(=O)[O-])CC(C)C(=O)O.CCCC/C=C/CC[N+](CCO)(CC(C)C(=O)[O-])CC(C)C(=O)O.[Ca+2]. The van der Waals surface area contributed by atoms with E-state index < -0.39 is 47.5 Å². The second-order valence-electron chi connectivity index (χ2n) is 13.5. The maximum absolute atomic E-state index is 11.2. The van der Waals surface area contributed by atoms with Crippen molar-refractivity contribution in [3.63, 3.8) is 0 Å². The molecule has 0 saturated heterocycles. The summed E-state index contributed by atoms with van der Waals surface area (Å²) in [6.07, 6.45) is 16.4. The molecule has 6 unspecified atom stereocenters. The number of hydrogen-bond donors (Lipinski definition) is 4. The molecule has 0 fully saturated rings. The minimum atomic E-state index is -1.14. The number of hydrogen-bond acceptors (Lipinski definition) is 8. The van der Waals surface area contributed by atoms with Gasteiger partial charge in [0.25, 0.3) is 0 Å². The minimum absolute atomic E-state index is 0. The first-order chi connectivity index (χ1) is 22.6. The molecule has 0 radical (unpaired) electrons. The van der Waals surface area contributed by atoms with E-state index in [1.54, 1.807) is 27.7 Å². The van der Waals surface area contributed by atoms with Crippen LogP contribution in [0.3, 0.4) is 0 Å². The van der Waals surface area contributed by atoms with Crippen LogP contribution in [0.2, 0.25) is 0 Å². The van der Waals surface area contributed by atoms with Gasteiger partial charge in [-0.15, -0.1) is 0 Å². The first-order valence-electron chi connectivity index (χ1n) is 17.6. The van der Waals surface area contributed by atoms with Crippen molar-refractivity contribution in [3.8, 4) is 0 Å². The fourth-order valence-electron chi connectivity index (χ4n) is 5.97. The van der Waals surface area contributed by atoms with Crippen LogP contribution in [0.15, 0.2) is 24.3 Å². The first kappa shape index (κ1) is 51.8. The fraction of sp³-hybridized carbons (Fsp3) is 0.778. The van der Waals surface area contributed by atoms with E-state index in [9.17, 15) is 49.8 Å². The standard InChI is InChI=1S/2C18H33NO5.Ca/c2*1-4-5-6-7-8-9-10-19(11-12-20,13-15(2)17(21)22)14-16(3)18(23)24;/h2*7-8,15-16,20H,4-6,9-14H2,1-3H3,(H-,21,22,23,24);/q;;+2/b2*8-7+;. The average Bonchev–Trinajstić information content (AvgIpc) is 3.00. The second-order valence-corrected chi connectivity index (χ2v) is 13.5. The maximum Gasteiger partial charge on any atom is 2.00 e. The van der Waals surface area contributed by atoms with Crippen LogP contribution in [0.1, 0.15) is 92.9 Å². The number of carboxylic acids is 4. The van der Waals surface area contributed by atoms with Crippen molar-refractivity contribution in [2.75, 3.05) is 65.6 Å². The normalized spacial score (nSPS) is 16.3. The predicted molar refractivity (Wildman–Crippen MR) is 188 cm³/mol. The van der Waals surface area contributed by atoms with Crippen LogP contribution < -0.4 is 10.2 Å². The first-order valence-corrected chi connectivity index (χ1v) is 17.6. The molecule has 0 aliphatic rings. The Bertz CT molecular complexity index is 855. The van der Waals surface area contributed by atoms with Crippen LogP contribution in [-0.2, 0) is 19.2 Å². The van der Waals surface area contributed by atoms with Gasteiger partial charge in [-0.3, -0.25) is 9.59 Å². The molecule has 0 spiro atoms. The van der Waals surface area contributed by atoms with E-state index in [0.717, 1.165) is 51.4 Å². The summed E-state index contributed by atoms with van der Waals surface area (Å²) in [5.74, 6) is -6.69. The van der Waals surface area contributed by atoms with Crippen LogP contribution in [0.25, 0.3) is 0 Å². The number of unbranched alkanes of at least 4 members (excludes halogenated alkanes) is 4. The molecule has 4 N–H and O–H groups in total. The van der Waals surface area contributed by atoms with E-state index in [4.69, 9.17) is 0 Å². The van der Waals surface area contributed by atoms with Crippen molar-refractivity contribution >= 4 is 61.6 Å². The number of nitrogens with zero attached hydrogens (tertiary/aromatic N) is 2. The van der Waals surface area contributed by atoms with E-state index in [0.29, 0.717) is 39.3 Å². The summed E-state index contributed by atoms with van der Waals surface area (Å²) in [7, 11) is 0. The topological polar surface area (TPSA) is 195 Å². The summed E-state index contributed by atoms with van der Waals surface area (Å²) in [6, 6.07) is 0. The molecule has 0 rings (SSSR count). The molecule has 49 heavy (non-hydrogen) atoms. The summed E-state index contributed by atoms with van der Waals surface area (Å²) in [6.45, 7) is 13.5. The van der Waals surface area contributed by atoms with Gasteiger partial charge < -0.3 is 49.2 Å². The van der Waals surface area contributed by atoms with E-state index in [1.165, 1.54) is 0 Å². The molecular formula is C36H66CaN2O10+2. The number of carboxylic acid groups (broad SMARTS) is 4. The average molecular weight is 727 g/mol. The van der Waals surface area contributed by atoms with Crippen LogP contribution in [-0.4, -0.2) is 157 Å². The Morgan fingerprint density at radius 3 is 1.08 bits per heavy atom. The molecule has 0 heterocycles. The monoisotopic (exact) mass is 726 g/mol. The van der Waals surface area contributed by atoms with Crippen LogP contribution in [0.5, 0.6) is 0 Å². The maximum atomic E-state index is 11.2. The van der Waals surface area contributed by atoms with E-state index in [-0.39, 0.29) is 73.0 Å². The number of aliphatic hydroxyl groups is 2. The zero-order valence-electron chi connectivity index (χ0n) is 31.2. The summed E-state index contributed by atoms with van der Waals surface area (Å²) in [5, 5.41) is 59.6.